The third-order valence-electron chi connectivity index (χ3n) is 2.70. The van der Waals surface area contributed by atoms with Crippen LogP contribution in [0.2, 0.25) is 0 Å². The van der Waals surface area contributed by atoms with Gasteiger partial charge in [0.05, 0.1) is 0 Å². The van der Waals surface area contributed by atoms with Crippen molar-refractivity contribution >= 4 is 5.69 Å². The van der Waals surface area contributed by atoms with E-state index in [1.165, 1.54) is 29.7 Å². The molecule has 1 aliphatic rings. The SMILES string of the molecule is [CH2]C(C)Cc1ccc2c(c1)NCCC2. The molecular weight excluding hydrogens is 170 g/mol. The third kappa shape index (κ3) is 2.09. The molecule has 14 heavy (non-hydrogen) atoms. The molecule has 0 fully saturated rings. The van der Waals surface area contributed by atoms with Crippen molar-refractivity contribution in [2.45, 2.75) is 26.2 Å². The normalized spacial score (nSPS) is 15.1. The first-order valence-electron chi connectivity index (χ1n) is 5.44. The second kappa shape index (κ2) is 4.04. The second-order valence-corrected chi connectivity index (χ2v) is 4.33. The topological polar surface area (TPSA) is 12.0 Å². The summed E-state index contributed by atoms with van der Waals surface area (Å²) in [4.78, 5) is 0. The number of anilines is 1. The highest BCUT2D eigenvalue weighted by Crippen LogP contribution is 2.24. The number of nitrogens with one attached hydrogen (secondary N) is 1. The first-order valence-corrected chi connectivity index (χ1v) is 5.44. The molecular formula is C13H18N. The Morgan fingerprint density at radius 2 is 2.36 bits per heavy atom. The Morgan fingerprint density at radius 1 is 1.50 bits per heavy atom. The quantitative estimate of drug-likeness (QED) is 0.752. The van der Waals surface area contributed by atoms with Crippen LogP contribution in [0.5, 0.6) is 0 Å². The standard InChI is InChI=1S/C13H18N/c1-10(2)8-11-5-6-12-4-3-7-14-13(12)9-11/h5-6,9-10,14H,1,3-4,7-8H2,2H3. The van der Waals surface area contributed by atoms with Gasteiger partial charge in [0.1, 0.15) is 0 Å². The summed E-state index contributed by atoms with van der Waals surface area (Å²) in [5, 5.41) is 3.46. The van der Waals surface area contributed by atoms with E-state index in [4.69, 9.17) is 0 Å². The van der Waals surface area contributed by atoms with Crippen LogP contribution in [0.15, 0.2) is 18.2 Å². The van der Waals surface area contributed by atoms with Crippen LogP contribution in [0.1, 0.15) is 24.5 Å². The van der Waals surface area contributed by atoms with Gasteiger partial charge in [-0.1, -0.05) is 26.0 Å². The first-order chi connectivity index (χ1) is 6.75. The minimum absolute atomic E-state index is 0.497. The molecule has 1 atom stereocenters. The van der Waals surface area contributed by atoms with Gasteiger partial charge in [0.2, 0.25) is 0 Å². The van der Waals surface area contributed by atoms with Gasteiger partial charge < -0.3 is 5.32 Å². The highest BCUT2D eigenvalue weighted by Gasteiger charge is 2.08. The predicted octanol–water partition coefficient (Wildman–Crippen LogP) is 3.06. The van der Waals surface area contributed by atoms with Gasteiger partial charge in [-0.15, -0.1) is 0 Å². The molecule has 0 saturated carbocycles. The summed E-state index contributed by atoms with van der Waals surface area (Å²) < 4.78 is 0. The van der Waals surface area contributed by atoms with Crippen molar-refractivity contribution in [2.24, 2.45) is 5.92 Å². The Morgan fingerprint density at radius 3 is 3.14 bits per heavy atom. The van der Waals surface area contributed by atoms with Crippen molar-refractivity contribution in [1.29, 1.82) is 0 Å². The van der Waals surface area contributed by atoms with Crippen molar-refractivity contribution in [3.05, 3.63) is 36.2 Å². The van der Waals surface area contributed by atoms with Crippen LogP contribution in [0.3, 0.4) is 0 Å². The van der Waals surface area contributed by atoms with Gasteiger partial charge in [-0.05, 0) is 42.4 Å². The van der Waals surface area contributed by atoms with E-state index in [1.54, 1.807) is 0 Å². The zero-order chi connectivity index (χ0) is 9.97. The summed E-state index contributed by atoms with van der Waals surface area (Å²) in [6.07, 6.45) is 3.57. The van der Waals surface area contributed by atoms with E-state index in [0.29, 0.717) is 5.92 Å². The van der Waals surface area contributed by atoms with Crippen LogP contribution in [0.25, 0.3) is 0 Å². The summed E-state index contributed by atoms with van der Waals surface area (Å²) >= 11 is 0. The van der Waals surface area contributed by atoms with E-state index in [1.807, 2.05) is 0 Å². The fourth-order valence-corrected chi connectivity index (χ4v) is 2.04. The molecule has 1 nitrogen and oxygen atoms in total. The largest absolute Gasteiger partial charge is 0.385 e. The maximum absolute atomic E-state index is 4.03. The van der Waals surface area contributed by atoms with Gasteiger partial charge >= 0.3 is 0 Å². The van der Waals surface area contributed by atoms with Gasteiger partial charge in [0.25, 0.3) is 0 Å². The summed E-state index contributed by atoms with van der Waals surface area (Å²) in [7, 11) is 0. The highest BCUT2D eigenvalue weighted by atomic mass is 14.9. The van der Waals surface area contributed by atoms with Crippen LogP contribution < -0.4 is 5.32 Å². The van der Waals surface area contributed by atoms with E-state index in [0.717, 1.165) is 13.0 Å². The van der Waals surface area contributed by atoms with Crippen molar-refractivity contribution in [3.8, 4) is 0 Å². The Balaban J connectivity index is 2.20. The molecule has 1 heterocycles. The minimum atomic E-state index is 0.497. The number of hydrogen-bond acceptors (Lipinski definition) is 1. The Hall–Kier alpha value is -0.980. The fraction of sp³-hybridized carbons (Fsp3) is 0.462. The average molecular weight is 188 g/mol. The molecule has 75 valence electrons. The third-order valence-corrected chi connectivity index (χ3v) is 2.70. The lowest BCUT2D eigenvalue weighted by molar-refractivity contribution is 0.718. The molecule has 0 spiro atoms. The maximum atomic E-state index is 4.03. The molecule has 1 aromatic rings. The first kappa shape index (κ1) is 9.57. The molecule has 1 N–H and O–H groups in total. The van der Waals surface area contributed by atoms with E-state index in [2.05, 4.69) is 37.4 Å². The van der Waals surface area contributed by atoms with E-state index in [9.17, 15) is 0 Å². The van der Waals surface area contributed by atoms with Crippen molar-refractivity contribution < 1.29 is 0 Å². The molecule has 1 aromatic carbocycles. The summed E-state index contributed by atoms with van der Waals surface area (Å²) in [5.74, 6) is 0.497. The van der Waals surface area contributed by atoms with Crippen LogP contribution >= 0.6 is 0 Å². The van der Waals surface area contributed by atoms with Gasteiger partial charge in [-0.3, -0.25) is 0 Å². The molecule has 0 bridgehead atoms. The van der Waals surface area contributed by atoms with Crippen LogP contribution in [-0.2, 0) is 12.8 Å². The number of rotatable bonds is 2. The highest BCUT2D eigenvalue weighted by molar-refractivity contribution is 5.54. The van der Waals surface area contributed by atoms with Crippen molar-refractivity contribution in [3.63, 3.8) is 0 Å². The molecule has 1 radical (unpaired) electrons. The summed E-state index contributed by atoms with van der Waals surface area (Å²) in [6, 6.07) is 6.79. The molecule has 0 aliphatic carbocycles. The smallest absolute Gasteiger partial charge is 0.0375 e. The Kier molecular flexibility index (Phi) is 2.76. The van der Waals surface area contributed by atoms with Crippen molar-refractivity contribution in [1.82, 2.24) is 0 Å². The Bertz CT molecular complexity index is 315. The fourth-order valence-electron chi connectivity index (χ4n) is 2.04. The number of fused-ring (bicyclic) bond motifs is 1. The molecule has 1 unspecified atom stereocenters. The number of aryl methyl sites for hydroxylation is 1. The van der Waals surface area contributed by atoms with Gasteiger partial charge in [-0.2, -0.15) is 0 Å². The van der Waals surface area contributed by atoms with E-state index >= 15 is 0 Å². The van der Waals surface area contributed by atoms with Crippen molar-refractivity contribution in [2.75, 3.05) is 11.9 Å². The lowest BCUT2D eigenvalue weighted by Gasteiger charge is -2.19. The molecule has 0 amide bonds. The van der Waals surface area contributed by atoms with Gasteiger partial charge in [0.15, 0.2) is 0 Å². The summed E-state index contributed by atoms with van der Waals surface area (Å²) in [5.41, 5.74) is 4.21. The molecule has 0 aromatic heterocycles. The lowest BCUT2D eigenvalue weighted by atomic mass is 9.97. The number of benzene rings is 1. The number of hydrogen-bond donors (Lipinski definition) is 1. The van der Waals surface area contributed by atoms with Crippen LogP contribution in [-0.4, -0.2) is 6.54 Å². The maximum Gasteiger partial charge on any atom is 0.0375 e. The second-order valence-electron chi connectivity index (χ2n) is 4.33. The van der Waals surface area contributed by atoms with Gasteiger partial charge in [0, 0.05) is 12.2 Å². The molecule has 1 aliphatic heterocycles. The zero-order valence-electron chi connectivity index (χ0n) is 8.84. The Labute approximate surface area is 86.5 Å². The summed E-state index contributed by atoms with van der Waals surface area (Å²) in [6.45, 7) is 7.31. The van der Waals surface area contributed by atoms with Crippen LogP contribution in [0.4, 0.5) is 5.69 Å². The lowest BCUT2D eigenvalue weighted by Crippen LogP contribution is -2.12. The van der Waals surface area contributed by atoms with E-state index < -0.39 is 0 Å². The predicted molar refractivity (Wildman–Crippen MR) is 61.5 cm³/mol. The van der Waals surface area contributed by atoms with E-state index in [-0.39, 0.29) is 0 Å². The molecule has 0 saturated heterocycles. The minimum Gasteiger partial charge on any atom is -0.385 e. The van der Waals surface area contributed by atoms with Crippen LogP contribution in [0, 0.1) is 12.8 Å². The zero-order valence-corrected chi connectivity index (χ0v) is 8.84. The van der Waals surface area contributed by atoms with Gasteiger partial charge in [-0.25, -0.2) is 0 Å². The molecule has 1 heteroatoms. The molecule has 2 rings (SSSR count). The average Bonchev–Trinajstić information content (AvgIpc) is 2.17. The monoisotopic (exact) mass is 188 g/mol.